The van der Waals surface area contributed by atoms with E-state index in [9.17, 15) is 10.1 Å². The second kappa shape index (κ2) is 6.70. The molecule has 0 spiro atoms. The largest absolute Gasteiger partial charge is 0.496 e. The summed E-state index contributed by atoms with van der Waals surface area (Å²) in [7, 11) is 1.57. The molecule has 1 aromatic rings. The Hall–Kier alpha value is -1.62. The average molecular weight is 280 g/mol. The molecule has 0 fully saturated rings. The van der Waals surface area contributed by atoms with Crippen LogP contribution < -0.4 is 10.1 Å². The molecule has 0 saturated carbocycles. The molecule has 0 amide bonds. The molecule has 0 aromatic heterocycles. The zero-order chi connectivity index (χ0) is 15.3. The van der Waals surface area contributed by atoms with Crippen molar-refractivity contribution in [3.8, 4) is 5.75 Å². The molecule has 1 aromatic carbocycles. The number of hydrogen-bond donors (Lipinski definition) is 1. The van der Waals surface area contributed by atoms with E-state index in [0.29, 0.717) is 18.2 Å². The Morgan fingerprint density at radius 1 is 1.40 bits per heavy atom. The molecule has 0 heterocycles. The first-order chi connectivity index (χ1) is 9.27. The smallest absolute Gasteiger partial charge is 0.270 e. The van der Waals surface area contributed by atoms with E-state index in [1.807, 2.05) is 0 Å². The van der Waals surface area contributed by atoms with Crippen molar-refractivity contribution in [1.29, 1.82) is 0 Å². The highest BCUT2D eigenvalue weighted by molar-refractivity contribution is 5.43. The summed E-state index contributed by atoms with van der Waals surface area (Å²) >= 11 is 0. The molecular formula is C15H24N2O3. The Balaban J connectivity index is 2.76. The lowest BCUT2D eigenvalue weighted by molar-refractivity contribution is -0.384. The number of nitrogens with one attached hydrogen (secondary N) is 1. The summed E-state index contributed by atoms with van der Waals surface area (Å²) in [4.78, 5) is 10.4. The van der Waals surface area contributed by atoms with Crippen LogP contribution in [0, 0.1) is 21.4 Å². The number of rotatable bonds is 7. The molecule has 112 valence electrons. The van der Waals surface area contributed by atoms with Crippen molar-refractivity contribution in [2.24, 2.45) is 11.3 Å². The number of ether oxygens (including phenoxy) is 1. The summed E-state index contributed by atoms with van der Waals surface area (Å²) in [6.07, 6.45) is 0. The topological polar surface area (TPSA) is 64.4 Å². The first-order valence-corrected chi connectivity index (χ1v) is 6.80. The molecule has 0 radical (unpaired) electrons. The van der Waals surface area contributed by atoms with Crippen LogP contribution >= 0.6 is 0 Å². The number of nitro benzene ring substituents is 1. The summed E-state index contributed by atoms with van der Waals surface area (Å²) < 4.78 is 5.25. The standard InChI is InChI=1S/C15H24N2O3/c1-11(2)15(3,4)10-16-9-12-8-13(17(18)19)6-7-14(12)20-5/h6-8,11,16H,9-10H2,1-5H3. The molecule has 1 rings (SSSR count). The number of methoxy groups -OCH3 is 1. The van der Waals surface area contributed by atoms with Crippen LogP contribution in [-0.4, -0.2) is 18.6 Å². The number of hydrogen-bond acceptors (Lipinski definition) is 4. The summed E-state index contributed by atoms with van der Waals surface area (Å²) in [5.41, 5.74) is 1.07. The van der Waals surface area contributed by atoms with Gasteiger partial charge in [0, 0.05) is 30.8 Å². The van der Waals surface area contributed by atoms with Gasteiger partial charge in [-0.05, 0) is 17.4 Å². The van der Waals surface area contributed by atoms with Crippen molar-refractivity contribution in [3.63, 3.8) is 0 Å². The SMILES string of the molecule is COc1ccc([N+](=O)[O-])cc1CNCC(C)(C)C(C)C. The Bertz CT molecular complexity index is 470. The molecule has 5 heteroatoms. The predicted molar refractivity (Wildman–Crippen MR) is 80.0 cm³/mol. The van der Waals surface area contributed by atoms with E-state index < -0.39 is 0 Å². The van der Waals surface area contributed by atoms with Crippen LogP contribution in [0.3, 0.4) is 0 Å². The third-order valence-corrected chi connectivity index (χ3v) is 3.93. The molecule has 1 N–H and O–H groups in total. The Morgan fingerprint density at radius 2 is 2.05 bits per heavy atom. The normalized spacial score (nSPS) is 11.7. The predicted octanol–water partition coefficient (Wildman–Crippen LogP) is 3.38. The number of non-ortho nitro benzene ring substituents is 1. The number of nitro groups is 1. The van der Waals surface area contributed by atoms with Gasteiger partial charge < -0.3 is 10.1 Å². The zero-order valence-electron chi connectivity index (χ0n) is 12.9. The summed E-state index contributed by atoms with van der Waals surface area (Å²) in [5, 5.41) is 14.2. The fraction of sp³-hybridized carbons (Fsp3) is 0.600. The molecule has 0 aliphatic carbocycles. The third-order valence-electron chi connectivity index (χ3n) is 3.93. The van der Waals surface area contributed by atoms with E-state index >= 15 is 0 Å². The quantitative estimate of drug-likeness (QED) is 0.614. The van der Waals surface area contributed by atoms with Crippen molar-refractivity contribution < 1.29 is 9.66 Å². The van der Waals surface area contributed by atoms with Gasteiger partial charge in [0.05, 0.1) is 12.0 Å². The Labute approximate surface area is 120 Å². The van der Waals surface area contributed by atoms with E-state index in [1.165, 1.54) is 6.07 Å². The van der Waals surface area contributed by atoms with E-state index in [0.717, 1.165) is 12.1 Å². The highest BCUT2D eigenvalue weighted by atomic mass is 16.6. The van der Waals surface area contributed by atoms with E-state index in [1.54, 1.807) is 19.2 Å². The van der Waals surface area contributed by atoms with Crippen molar-refractivity contribution in [1.82, 2.24) is 5.32 Å². The molecule has 0 unspecified atom stereocenters. The van der Waals surface area contributed by atoms with Gasteiger partial charge in [-0.1, -0.05) is 27.7 Å². The first kappa shape index (κ1) is 16.4. The molecule has 5 nitrogen and oxygen atoms in total. The van der Waals surface area contributed by atoms with Crippen LogP contribution in [-0.2, 0) is 6.54 Å². The van der Waals surface area contributed by atoms with Gasteiger partial charge in [-0.25, -0.2) is 0 Å². The van der Waals surface area contributed by atoms with E-state index in [-0.39, 0.29) is 16.0 Å². The lowest BCUT2D eigenvalue weighted by atomic mass is 9.81. The molecule has 0 atom stereocenters. The van der Waals surface area contributed by atoms with Gasteiger partial charge in [0.1, 0.15) is 5.75 Å². The van der Waals surface area contributed by atoms with Gasteiger partial charge in [-0.15, -0.1) is 0 Å². The number of benzene rings is 1. The van der Waals surface area contributed by atoms with E-state index in [4.69, 9.17) is 4.74 Å². The lowest BCUT2D eigenvalue weighted by Gasteiger charge is -2.29. The minimum Gasteiger partial charge on any atom is -0.496 e. The van der Waals surface area contributed by atoms with Crippen molar-refractivity contribution >= 4 is 5.69 Å². The van der Waals surface area contributed by atoms with E-state index in [2.05, 4.69) is 33.0 Å². The van der Waals surface area contributed by atoms with Crippen LogP contribution in [0.2, 0.25) is 0 Å². The monoisotopic (exact) mass is 280 g/mol. The molecule has 0 bridgehead atoms. The van der Waals surface area contributed by atoms with Crippen LogP contribution in [0.25, 0.3) is 0 Å². The first-order valence-electron chi connectivity index (χ1n) is 6.80. The van der Waals surface area contributed by atoms with Gasteiger partial charge in [-0.3, -0.25) is 10.1 Å². The second-order valence-electron chi connectivity index (χ2n) is 6.00. The lowest BCUT2D eigenvalue weighted by Crippen LogP contribution is -2.33. The van der Waals surface area contributed by atoms with Crippen LogP contribution in [0.5, 0.6) is 5.75 Å². The van der Waals surface area contributed by atoms with Crippen LogP contribution in [0.1, 0.15) is 33.3 Å². The zero-order valence-corrected chi connectivity index (χ0v) is 12.9. The highest BCUT2D eigenvalue weighted by Gasteiger charge is 2.22. The van der Waals surface area contributed by atoms with Gasteiger partial charge >= 0.3 is 0 Å². The molecular weight excluding hydrogens is 256 g/mol. The fourth-order valence-electron chi connectivity index (χ4n) is 1.74. The molecule has 0 saturated heterocycles. The molecule has 20 heavy (non-hydrogen) atoms. The van der Waals surface area contributed by atoms with Gasteiger partial charge in [0.25, 0.3) is 5.69 Å². The fourth-order valence-corrected chi connectivity index (χ4v) is 1.74. The summed E-state index contributed by atoms with van der Waals surface area (Å²) in [6, 6.07) is 4.66. The third kappa shape index (κ3) is 4.20. The number of nitrogens with zero attached hydrogens (tertiary/aromatic N) is 1. The highest BCUT2D eigenvalue weighted by Crippen LogP contribution is 2.26. The minimum atomic E-state index is -0.388. The summed E-state index contributed by atoms with van der Waals surface area (Å²) in [5.74, 6) is 1.23. The van der Waals surface area contributed by atoms with Crippen LogP contribution in [0.4, 0.5) is 5.69 Å². The van der Waals surface area contributed by atoms with Crippen molar-refractivity contribution in [3.05, 3.63) is 33.9 Å². The van der Waals surface area contributed by atoms with Crippen LogP contribution in [0.15, 0.2) is 18.2 Å². The molecule has 0 aliphatic rings. The Morgan fingerprint density at radius 3 is 2.55 bits per heavy atom. The minimum absolute atomic E-state index is 0.0886. The average Bonchev–Trinajstić information content (AvgIpc) is 2.38. The van der Waals surface area contributed by atoms with Gasteiger partial charge in [-0.2, -0.15) is 0 Å². The second-order valence-corrected chi connectivity index (χ2v) is 6.00. The summed E-state index contributed by atoms with van der Waals surface area (Å²) in [6.45, 7) is 10.2. The maximum absolute atomic E-state index is 10.8. The van der Waals surface area contributed by atoms with Crippen molar-refractivity contribution in [2.45, 2.75) is 34.2 Å². The van der Waals surface area contributed by atoms with Crippen molar-refractivity contribution in [2.75, 3.05) is 13.7 Å². The Kier molecular flexibility index (Phi) is 5.51. The molecule has 0 aliphatic heterocycles. The van der Waals surface area contributed by atoms with Gasteiger partial charge in [0.2, 0.25) is 0 Å². The maximum atomic E-state index is 10.8. The van der Waals surface area contributed by atoms with Gasteiger partial charge in [0.15, 0.2) is 0 Å². The maximum Gasteiger partial charge on any atom is 0.270 e.